The van der Waals surface area contributed by atoms with Crippen molar-refractivity contribution in [2.45, 2.75) is 32.4 Å². The van der Waals surface area contributed by atoms with Gasteiger partial charge in [0.1, 0.15) is 11.0 Å². The van der Waals surface area contributed by atoms with Crippen LogP contribution in [0.3, 0.4) is 0 Å². The Morgan fingerprint density at radius 1 is 1.58 bits per heavy atom. The fourth-order valence-electron chi connectivity index (χ4n) is 1.93. The van der Waals surface area contributed by atoms with Crippen LogP contribution < -0.4 is 10.9 Å². The monoisotopic (exact) mass is 329 g/mol. The van der Waals surface area contributed by atoms with Gasteiger partial charge in [-0.15, -0.1) is 0 Å². The van der Waals surface area contributed by atoms with Crippen molar-refractivity contribution in [2.24, 2.45) is 0 Å². The van der Waals surface area contributed by atoms with E-state index in [9.17, 15) is 9.59 Å². The summed E-state index contributed by atoms with van der Waals surface area (Å²) in [7, 11) is 0. The van der Waals surface area contributed by atoms with Gasteiger partial charge in [-0.25, -0.2) is 4.98 Å². The zero-order chi connectivity index (χ0) is 13.8. The Hall–Kier alpha value is -1.21. The van der Waals surface area contributed by atoms with Gasteiger partial charge in [-0.2, -0.15) is 0 Å². The number of halogens is 1. The van der Waals surface area contributed by atoms with Crippen molar-refractivity contribution >= 4 is 21.8 Å². The molecule has 1 aromatic rings. The van der Waals surface area contributed by atoms with Gasteiger partial charge in [-0.3, -0.25) is 14.2 Å². The number of hydrogen-bond donors (Lipinski definition) is 1. The molecule has 6 nitrogen and oxygen atoms in total. The van der Waals surface area contributed by atoms with Crippen molar-refractivity contribution in [3.05, 3.63) is 26.8 Å². The van der Waals surface area contributed by atoms with E-state index in [4.69, 9.17) is 4.74 Å². The van der Waals surface area contributed by atoms with Crippen LogP contribution in [0.1, 0.15) is 18.5 Å². The van der Waals surface area contributed by atoms with Gasteiger partial charge in [0.15, 0.2) is 0 Å². The average Bonchev–Trinajstić information content (AvgIpc) is 2.41. The van der Waals surface area contributed by atoms with Gasteiger partial charge in [-0.05, 0) is 35.7 Å². The molecule has 1 amide bonds. The smallest absolute Gasteiger partial charge is 0.268 e. The molecule has 0 spiro atoms. The van der Waals surface area contributed by atoms with Gasteiger partial charge in [-0.1, -0.05) is 0 Å². The second-order valence-corrected chi connectivity index (χ2v) is 5.32. The van der Waals surface area contributed by atoms with Gasteiger partial charge in [0, 0.05) is 19.3 Å². The molecule has 1 aliphatic rings. The molecule has 104 valence electrons. The van der Waals surface area contributed by atoms with E-state index in [1.54, 1.807) is 6.92 Å². The van der Waals surface area contributed by atoms with Crippen LogP contribution in [0, 0.1) is 6.92 Å². The summed E-state index contributed by atoms with van der Waals surface area (Å²) < 4.78 is 6.92. The zero-order valence-corrected chi connectivity index (χ0v) is 12.3. The highest BCUT2D eigenvalue weighted by molar-refractivity contribution is 9.10. The summed E-state index contributed by atoms with van der Waals surface area (Å²) in [6.45, 7) is 3.06. The van der Waals surface area contributed by atoms with Crippen LogP contribution >= 0.6 is 15.9 Å². The number of aryl methyl sites for hydroxylation is 1. The SMILES string of the molecule is Cc1ncn(CC(=O)NC2CCOCC2)c(=O)c1Br. The van der Waals surface area contributed by atoms with Crippen molar-refractivity contribution in [1.82, 2.24) is 14.9 Å². The van der Waals surface area contributed by atoms with Crippen LogP contribution in [-0.2, 0) is 16.1 Å². The fraction of sp³-hybridized carbons (Fsp3) is 0.583. The first-order valence-electron chi connectivity index (χ1n) is 6.16. The van der Waals surface area contributed by atoms with E-state index in [0.717, 1.165) is 12.8 Å². The third-order valence-electron chi connectivity index (χ3n) is 3.06. The van der Waals surface area contributed by atoms with E-state index in [2.05, 4.69) is 26.2 Å². The summed E-state index contributed by atoms with van der Waals surface area (Å²) in [5, 5.41) is 2.91. The molecule has 1 N–H and O–H groups in total. The van der Waals surface area contributed by atoms with Crippen LogP contribution in [0.5, 0.6) is 0 Å². The molecule has 7 heteroatoms. The van der Waals surface area contributed by atoms with Crippen LogP contribution in [-0.4, -0.2) is 34.7 Å². The quantitative estimate of drug-likeness (QED) is 0.881. The number of amides is 1. The third kappa shape index (κ3) is 3.63. The van der Waals surface area contributed by atoms with Crippen molar-refractivity contribution in [2.75, 3.05) is 13.2 Å². The van der Waals surface area contributed by atoms with Gasteiger partial charge in [0.05, 0.1) is 12.0 Å². The van der Waals surface area contributed by atoms with E-state index < -0.39 is 0 Å². The van der Waals surface area contributed by atoms with Crippen LogP contribution in [0.15, 0.2) is 15.6 Å². The number of aromatic nitrogens is 2. The molecule has 1 saturated heterocycles. The lowest BCUT2D eigenvalue weighted by Crippen LogP contribution is -2.41. The Morgan fingerprint density at radius 2 is 2.26 bits per heavy atom. The van der Waals surface area contributed by atoms with Crippen molar-refractivity contribution < 1.29 is 9.53 Å². The summed E-state index contributed by atoms with van der Waals surface area (Å²) in [6, 6.07) is 0.138. The molecule has 0 atom stereocenters. The van der Waals surface area contributed by atoms with Crippen molar-refractivity contribution in [3.63, 3.8) is 0 Å². The molecule has 0 bridgehead atoms. The van der Waals surface area contributed by atoms with E-state index in [1.165, 1.54) is 10.9 Å². The lowest BCUT2D eigenvalue weighted by molar-refractivity contribution is -0.123. The maximum absolute atomic E-state index is 11.9. The largest absolute Gasteiger partial charge is 0.381 e. The molecular weight excluding hydrogens is 314 g/mol. The summed E-state index contributed by atoms with van der Waals surface area (Å²) >= 11 is 3.17. The van der Waals surface area contributed by atoms with Gasteiger partial charge >= 0.3 is 0 Å². The lowest BCUT2D eigenvalue weighted by atomic mass is 10.1. The molecular formula is C12H16BrN3O3. The lowest BCUT2D eigenvalue weighted by Gasteiger charge is -2.23. The van der Waals surface area contributed by atoms with Crippen molar-refractivity contribution in [1.29, 1.82) is 0 Å². The molecule has 1 fully saturated rings. The van der Waals surface area contributed by atoms with Gasteiger partial charge in [0.25, 0.3) is 5.56 Å². The second-order valence-electron chi connectivity index (χ2n) is 4.53. The highest BCUT2D eigenvalue weighted by Gasteiger charge is 2.17. The summed E-state index contributed by atoms with van der Waals surface area (Å²) in [6.07, 6.45) is 3.03. The number of ether oxygens (including phenoxy) is 1. The predicted octanol–water partition coefficient (Wildman–Crippen LogP) is 0.609. The Kier molecular flexibility index (Phi) is 4.71. The Balaban J connectivity index is 1.99. The maximum Gasteiger partial charge on any atom is 0.268 e. The molecule has 0 saturated carbocycles. The minimum Gasteiger partial charge on any atom is -0.381 e. The number of hydrogen-bond acceptors (Lipinski definition) is 4. The molecule has 1 aromatic heterocycles. The first kappa shape index (κ1) is 14.2. The Bertz CT molecular complexity index is 523. The topological polar surface area (TPSA) is 73.2 Å². The van der Waals surface area contributed by atoms with Crippen molar-refractivity contribution in [3.8, 4) is 0 Å². The molecule has 0 aromatic carbocycles. The number of carbonyl (C=O) groups excluding carboxylic acids is 1. The summed E-state index contributed by atoms with van der Waals surface area (Å²) in [5.74, 6) is -0.174. The van der Waals surface area contributed by atoms with Crippen LogP contribution in [0.2, 0.25) is 0 Å². The normalized spacial score (nSPS) is 16.3. The summed E-state index contributed by atoms with van der Waals surface area (Å²) in [4.78, 5) is 27.8. The van der Waals surface area contributed by atoms with Gasteiger partial charge in [0.2, 0.25) is 5.91 Å². The van der Waals surface area contributed by atoms with E-state index in [0.29, 0.717) is 23.4 Å². The van der Waals surface area contributed by atoms with Crippen LogP contribution in [0.4, 0.5) is 0 Å². The van der Waals surface area contributed by atoms with Gasteiger partial charge < -0.3 is 10.1 Å². The molecule has 2 heterocycles. The molecule has 0 unspecified atom stereocenters. The average molecular weight is 330 g/mol. The zero-order valence-electron chi connectivity index (χ0n) is 10.7. The third-order valence-corrected chi connectivity index (χ3v) is 3.97. The van der Waals surface area contributed by atoms with E-state index in [1.807, 2.05) is 0 Å². The Labute approximate surface area is 119 Å². The number of carbonyl (C=O) groups is 1. The Morgan fingerprint density at radius 3 is 2.95 bits per heavy atom. The first-order valence-corrected chi connectivity index (χ1v) is 6.96. The highest BCUT2D eigenvalue weighted by Crippen LogP contribution is 2.07. The maximum atomic E-state index is 11.9. The molecule has 1 aliphatic heterocycles. The van der Waals surface area contributed by atoms with Crippen LogP contribution in [0.25, 0.3) is 0 Å². The number of nitrogens with one attached hydrogen (secondary N) is 1. The molecule has 2 rings (SSSR count). The molecule has 0 aliphatic carbocycles. The number of rotatable bonds is 3. The predicted molar refractivity (Wildman–Crippen MR) is 72.9 cm³/mol. The minimum absolute atomic E-state index is 0.0118. The molecule has 19 heavy (non-hydrogen) atoms. The van der Waals surface area contributed by atoms with E-state index >= 15 is 0 Å². The second kappa shape index (κ2) is 6.29. The molecule has 0 radical (unpaired) electrons. The summed E-state index contributed by atoms with van der Waals surface area (Å²) in [5.41, 5.74) is 0.376. The van der Waals surface area contributed by atoms with E-state index in [-0.39, 0.29) is 24.1 Å². The first-order chi connectivity index (χ1) is 9.08. The minimum atomic E-state index is -0.241. The fourth-order valence-corrected chi connectivity index (χ4v) is 2.26. The number of nitrogens with zero attached hydrogens (tertiary/aromatic N) is 2. The standard InChI is InChI=1S/C12H16BrN3O3/c1-8-11(13)12(18)16(7-14-8)6-10(17)15-9-2-4-19-5-3-9/h7,9H,2-6H2,1H3,(H,15,17). The highest BCUT2D eigenvalue weighted by atomic mass is 79.9.